The Labute approximate surface area is 122 Å². The molecule has 0 aliphatic carbocycles. The van der Waals surface area contributed by atoms with Crippen LogP contribution in [0.5, 0.6) is 5.75 Å². The second kappa shape index (κ2) is 8.01. The van der Waals surface area contributed by atoms with Crippen molar-refractivity contribution in [2.45, 2.75) is 25.8 Å². The van der Waals surface area contributed by atoms with Gasteiger partial charge in [-0.15, -0.1) is 12.4 Å². The lowest BCUT2D eigenvalue weighted by atomic mass is 10.0. The van der Waals surface area contributed by atoms with Crippen LogP contribution in [0.2, 0.25) is 0 Å². The van der Waals surface area contributed by atoms with E-state index >= 15 is 0 Å². The van der Waals surface area contributed by atoms with Crippen LogP contribution in [0.15, 0.2) is 24.3 Å². The number of nitrogens with two attached hydrogens (primary N) is 1. The molecule has 2 N–H and O–H groups in total. The summed E-state index contributed by atoms with van der Waals surface area (Å²) in [4.78, 5) is 11.2. The maximum Gasteiger partial charge on any atom is 0.379 e. The van der Waals surface area contributed by atoms with E-state index in [0.717, 1.165) is 0 Å². The second-order valence-corrected chi connectivity index (χ2v) is 3.82. The summed E-state index contributed by atoms with van der Waals surface area (Å²) in [6.07, 6.45) is 0. The van der Waals surface area contributed by atoms with Crippen LogP contribution in [-0.2, 0) is 9.53 Å². The molecule has 0 bridgehead atoms. The van der Waals surface area contributed by atoms with E-state index in [1.165, 1.54) is 31.2 Å². The quantitative estimate of drug-likeness (QED) is 0.821. The van der Waals surface area contributed by atoms with Crippen LogP contribution in [0, 0.1) is 0 Å². The van der Waals surface area contributed by atoms with Crippen LogP contribution >= 0.6 is 12.4 Å². The van der Waals surface area contributed by atoms with Crippen molar-refractivity contribution in [3.8, 4) is 5.75 Å². The molecule has 0 saturated heterocycles. The number of alkyl halides is 2. The number of halogens is 3. The molecule has 0 amide bonds. The van der Waals surface area contributed by atoms with Gasteiger partial charge in [-0.25, -0.2) is 4.79 Å². The summed E-state index contributed by atoms with van der Waals surface area (Å²) in [6.45, 7) is 3.62. The van der Waals surface area contributed by atoms with Gasteiger partial charge in [-0.2, -0.15) is 8.78 Å². The minimum Gasteiger partial charge on any atom is -0.494 e. The molecule has 0 spiro atoms. The summed E-state index contributed by atoms with van der Waals surface area (Å²) < 4.78 is 36.9. The number of rotatable bonds is 6. The summed E-state index contributed by atoms with van der Waals surface area (Å²) in [5, 5.41) is 0. The number of esters is 1. The van der Waals surface area contributed by atoms with Gasteiger partial charge in [0.2, 0.25) is 0 Å². The number of hydrogen-bond donors (Lipinski definition) is 1. The highest BCUT2D eigenvalue weighted by molar-refractivity contribution is 5.85. The molecular formula is C13H18ClF2NO3. The molecule has 1 aromatic rings. The number of benzene rings is 1. The minimum absolute atomic E-state index is 0. The first-order valence-corrected chi connectivity index (χ1v) is 5.96. The second-order valence-electron chi connectivity index (χ2n) is 3.82. The van der Waals surface area contributed by atoms with E-state index in [0.29, 0.717) is 12.4 Å². The minimum atomic E-state index is -3.76. The fourth-order valence-electron chi connectivity index (χ4n) is 1.50. The smallest absolute Gasteiger partial charge is 0.379 e. The normalized spacial score (nSPS) is 12.2. The molecule has 0 saturated carbocycles. The Hall–Kier alpha value is -1.40. The van der Waals surface area contributed by atoms with Crippen molar-refractivity contribution in [2.75, 3.05) is 13.2 Å². The van der Waals surface area contributed by atoms with E-state index in [1.807, 2.05) is 6.92 Å². The summed E-state index contributed by atoms with van der Waals surface area (Å²) in [6, 6.07) is 4.12. The van der Waals surface area contributed by atoms with Gasteiger partial charge in [0.05, 0.1) is 13.2 Å². The Balaban J connectivity index is 0.00000361. The Morgan fingerprint density at radius 2 is 1.80 bits per heavy atom. The molecule has 114 valence electrons. The maximum absolute atomic E-state index is 13.7. The number of carbonyl (C=O) groups is 1. The lowest BCUT2D eigenvalue weighted by Crippen LogP contribution is -2.41. The molecule has 20 heavy (non-hydrogen) atoms. The highest BCUT2D eigenvalue weighted by atomic mass is 35.5. The maximum atomic E-state index is 13.7. The zero-order chi connectivity index (χ0) is 14.5. The van der Waals surface area contributed by atoms with E-state index in [4.69, 9.17) is 10.5 Å². The highest BCUT2D eigenvalue weighted by Crippen LogP contribution is 2.31. The van der Waals surface area contributed by atoms with Gasteiger partial charge < -0.3 is 15.2 Å². The lowest BCUT2D eigenvalue weighted by Gasteiger charge is -2.22. The van der Waals surface area contributed by atoms with Crippen molar-refractivity contribution in [3.05, 3.63) is 29.8 Å². The topological polar surface area (TPSA) is 61.5 Å². The Morgan fingerprint density at radius 3 is 2.25 bits per heavy atom. The molecule has 0 aromatic heterocycles. The fraction of sp³-hybridized carbons (Fsp3) is 0.462. The highest BCUT2D eigenvalue weighted by Gasteiger charge is 2.47. The Morgan fingerprint density at radius 1 is 1.25 bits per heavy atom. The molecule has 0 unspecified atom stereocenters. The van der Waals surface area contributed by atoms with Crippen molar-refractivity contribution in [1.29, 1.82) is 0 Å². The van der Waals surface area contributed by atoms with Crippen molar-refractivity contribution < 1.29 is 23.0 Å². The van der Waals surface area contributed by atoms with Gasteiger partial charge in [0.25, 0.3) is 0 Å². The third kappa shape index (κ3) is 4.31. The first kappa shape index (κ1) is 18.6. The van der Waals surface area contributed by atoms with Gasteiger partial charge in [0, 0.05) is 0 Å². The van der Waals surface area contributed by atoms with Gasteiger partial charge in [-0.3, -0.25) is 0 Å². The standard InChI is InChI=1S/C13H17F2NO3.ClH/c1-3-18-10-7-5-9(6-8-10)11(16)13(14,15)12(17)19-4-2;/h5-8,11H,3-4,16H2,1-2H3;1H/t11-;/m0./s1. The van der Waals surface area contributed by atoms with Crippen LogP contribution in [0.4, 0.5) is 8.78 Å². The predicted molar refractivity (Wildman–Crippen MR) is 73.4 cm³/mol. The summed E-state index contributed by atoms with van der Waals surface area (Å²) in [7, 11) is 0. The molecule has 0 radical (unpaired) electrons. The SMILES string of the molecule is CCOC(=O)C(F)(F)[C@@H](N)c1ccc(OCC)cc1.Cl. The number of hydrogen-bond acceptors (Lipinski definition) is 4. The molecule has 1 atom stereocenters. The fourth-order valence-corrected chi connectivity index (χ4v) is 1.50. The summed E-state index contributed by atoms with van der Waals surface area (Å²) in [5.74, 6) is -4.82. The van der Waals surface area contributed by atoms with Crippen LogP contribution in [0.3, 0.4) is 0 Å². The number of carbonyl (C=O) groups excluding carboxylic acids is 1. The van der Waals surface area contributed by atoms with Crippen LogP contribution in [0.25, 0.3) is 0 Å². The van der Waals surface area contributed by atoms with E-state index in [2.05, 4.69) is 4.74 Å². The molecule has 1 rings (SSSR count). The van der Waals surface area contributed by atoms with Crippen molar-refractivity contribution in [1.82, 2.24) is 0 Å². The first-order chi connectivity index (χ1) is 8.93. The van der Waals surface area contributed by atoms with Crippen LogP contribution in [-0.4, -0.2) is 25.1 Å². The molecule has 0 fully saturated rings. The molecule has 0 heterocycles. The molecule has 1 aromatic carbocycles. The summed E-state index contributed by atoms with van der Waals surface area (Å²) in [5.41, 5.74) is 5.58. The van der Waals surface area contributed by atoms with E-state index in [-0.39, 0.29) is 24.6 Å². The average molecular weight is 310 g/mol. The molecule has 0 aliphatic heterocycles. The third-order valence-corrected chi connectivity index (χ3v) is 2.49. The lowest BCUT2D eigenvalue weighted by molar-refractivity contribution is -0.174. The summed E-state index contributed by atoms with van der Waals surface area (Å²) >= 11 is 0. The Bertz CT molecular complexity index is 426. The van der Waals surface area contributed by atoms with Gasteiger partial charge in [-0.1, -0.05) is 12.1 Å². The monoisotopic (exact) mass is 309 g/mol. The average Bonchev–Trinajstić information content (AvgIpc) is 2.39. The first-order valence-electron chi connectivity index (χ1n) is 5.96. The molecular weight excluding hydrogens is 292 g/mol. The third-order valence-electron chi connectivity index (χ3n) is 2.49. The molecule has 7 heteroatoms. The zero-order valence-electron chi connectivity index (χ0n) is 11.3. The number of ether oxygens (including phenoxy) is 2. The van der Waals surface area contributed by atoms with E-state index in [9.17, 15) is 13.6 Å². The van der Waals surface area contributed by atoms with Crippen molar-refractivity contribution in [3.63, 3.8) is 0 Å². The van der Waals surface area contributed by atoms with Crippen LogP contribution in [0.1, 0.15) is 25.5 Å². The zero-order valence-corrected chi connectivity index (χ0v) is 12.1. The van der Waals surface area contributed by atoms with E-state index < -0.39 is 17.9 Å². The van der Waals surface area contributed by atoms with Gasteiger partial charge in [0.15, 0.2) is 0 Å². The predicted octanol–water partition coefficient (Wildman–Crippen LogP) is 2.71. The van der Waals surface area contributed by atoms with Crippen LogP contribution < -0.4 is 10.5 Å². The van der Waals surface area contributed by atoms with Gasteiger partial charge >= 0.3 is 11.9 Å². The van der Waals surface area contributed by atoms with Crippen molar-refractivity contribution >= 4 is 18.4 Å². The van der Waals surface area contributed by atoms with Gasteiger partial charge in [0.1, 0.15) is 11.8 Å². The molecule has 0 aliphatic rings. The molecule has 4 nitrogen and oxygen atoms in total. The van der Waals surface area contributed by atoms with Gasteiger partial charge in [-0.05, 0) is 31.5 Å². The van der Waals surface area contributed by atoms with Crippen molar-refractivity contribution in [2.24, 2.45) is 5.73 Å². The largest absolute Gasteiger partial charge is 0.494 e. The Kier molecular flexibility index (Phi) is 7.45. The van der Waals surface area contributed by atoms with E-state index in [1.54, 1.807) is 0 Å².